The molecule has 0 radical (unpaired) electrons. The van der Waals surface area contributed by atoms with Crippen molar-refractivity contribution in [2.24, 2.45) is 11.3 Å². The molecular weight excluding hydrogens is 366 g/mol. The lowest BCUT2D eigenvalue weighted by molar-refractivity contribution is 0.0929. The Bertz CT molecular complexity index is 393. The number of rotatable bonds is 4. The van der Waals surface area contributed by atoms with Gasteiger partial charge in [0.15, 0.2) is 0 Å². The minimum absolute atomic E-state index is 0.00451. The van der Waals surface area contributed by atoms with Crippen molar-refractivity contribution < 1.29 is 4.79 Å². The van der Waals surface area contributed by atoms with Gasteiger partial charge in [0.25, 0.3) is 5.91 Å². The average Bonchev–Trinajstić information content (AvgIpc) is 2.56. The van der Waals surface area contributed by atoms with Gasteiger partial charge < -0.3 is 5.32 Å². The van der Waals surface area contributed by atoms with Crippen molar-refractivity contribution in [3.05, 3.63) is 19.2 Å². The van der Waals surface area contributed by atoms with Crippen molar-refractivity contribution in [2.75, 3.05) is 6.54 Å². The Morgan fingerprint density at radius 3 is 2.47 bits per heavy atom. The first-order chi connectivity index (χ1) is 7.74. The molecule has 0 bridgehead atoms. The van der Waals surface area contributed by atoms with E-state index in [1.807, 2.05) is 6.07 Å². The number of carbonyl (C=O) groups excluding carboxylic acids is 1. The van der Waals surface area contributed by atoms with Gasteiger partial charge in [-0.05, 0) is 49.3 Å². The second-order valence-electron chi connectivity index (χ2n) is 5.06. The molecule has 0 aliphatic carbocycles. The van der Waals surface area contributed by atoms with Crippen molar-refractivity contribution >= 4 is 49.1 Å². The van der Waals surface area contributed by atoms with E-state index < -0.39 is 0 Å². The molecule has 0 spiro atoms. The van der Waals surface area contributed by atoms with E-state index in [1.165, 1.54) is 11.3 Å². The molecule has 1 amide bonds. The summed E-state index contributed by atoms with van der Waals surface area (Å²) in [5.41, 5.74) is 0.112. The minimum atomic E-state index is -0.00451. The van der Waals surface area contributed by atoms with Crippen molar-refractivity contribution in [1.29, 1.82) is 0 Å². The van der Waals surface area contributed by atoms with Crippen LogP contribution < -0.4 is 5.32 Å². The quantitative estimate of drug-likeness (QED) is 0.804. The second kappa shape index (κ2) is 5.85. The Hall–Kier alpha value is 0.130. The topological polar surface area (TPSA) is 29.1 Å². The Balaban J connectivity index is 2.62. The number of hydrogen-bond donors (Lipinski definition) is 1. The van der Waals surface area contributed by atoms with Gasteiger partial charge in [-0.25, -0.2) is 0 Å². The Morgan fingerprint density at radius 2 is 2.06 bits per heavy atom. The first-order valence-corrected chi connectivity index (χ1v) is 7.87. The average molecular weight is 383 g/mol. The number of thiophene rings is 1. The molecule has 5 heteroatoms. The van der Waals surface area contributed by atoms with Crippen LogP contribution in [0.5, 0.6) is 0 Å². The molecule has 17 heavy (non-hydrogen) atoms. The fourth-order valence-electron chi connectivity index (χ4n) is 1.06. The van der Waals surface area contributed by atoms with Crippen LogP contribution in [0.25, 0.3) is 0 Å². The predicted octanol–water partition coefficient (Wildman–Crippen LogP) is 4.69. The number of halogens is 2. The molecule has 1 aromatic rings. The van der Waals surface area contributed by atoms with E-state index in [9.17, 15) is 4.79 Å². The Kier molecular flexibility index (Phi) is 5.22. The third-order valence-corrected chi connectivity index (χ3v) is 6.39. The highest BCUT2D eigenvalue weighted by Crippen LogP contribution is 2.32. The molecule has 0 aliphatic heterocycles. The van der Waals surface area contributed by atoms with Crippen LogP contribution >= 0.6 is 43.2 Å². The number of hydrogen-bond acceptors (Lipinski definition) is 2. The van der Waals surface area contributed by atoms with E-state index in [0.29, 0.717) is 12.5 Å². The maximum absolute atomic E-state index is 11.9. The highest BCUT2D eigenvalue weighted by molar-refractivity contribution is 9.13. The van der Waals surface area contributed by atoms with Gasteiger partial charge in [-0.3, -0.25) is 4.79 Å². The van der Waals surface area contributed by atoms with E-state index in [4.69, 9.17) is 0 Å². The highest BCUT2D eigenvalue weighted by atomic mass is 79.9. The predicted molar refractivity (Wildman–Crippen MR) is 80.7 cm³/mol. The molecule has 96 valence electrons. The Morgan fingerprint density at radius 1 is 1.47 bits per heavy atom. The summed E-state index contributed by atoms with van der Waals surface area (Å²) in [4.78, 5) is 12.7. The van der Waals surface area contributed by atoms with Crippen LogP contribution in [0.3, 0.4) is 0 Å². The van der Waals surface area contributed by atoms with Gasteiger partial charge in [0.1, 0.15) is 0 Å². The largest absolute Gasteiger partial charge is 0.351 e. The number of carbonyl (C=O) groups is 1. The molecule has 0 saturated carbocycles. The van der Waals surface area contributed by atoms with Crippen molar-refractivity contribution in [3.63, 3.8) is 0 Å². The lowest BCUT2D eigenvalue weighted by Crippen LogP contribution is -2.36. The van der Waals surface area contributed by atoms with Gasteiger partial charge in [-0.1, -0.05) is 27.7 Å². The zero-order chi connectivity index (χ0) is 13.2. The van der Waals surface area contributed by atoms with Gasteiger partial charge in [0.2, 0.25) is 0 Å². The lowest BCUT2D eigenvalue weighted by atomic mass is 9.81. The van der Waals surface area contributed by atoms with E-state index in [2.05, 4.69) is 64.9 Å². The second-order valence-corrected chi connectivity index (χ2v) is 8.28. The van der Waals surface area contributed by atoms with Crippen molar-refractivity contribution in [3.8, 4) is 0 Å². The molecule has 0 atom stereocenters. The van der Waals surface area contributed by atoms with E-state index in [1.54, 1.807) is 0 Å². The number of nitrogens with one attached hydrogen (secondary N) is 1. The summed E-state index contributed by atoms with van der Waals surface area (Å²) in [7, 11) is 0. The molecule has 2 nitrogen and oxygen atoms in total. The van der Waals surface area contributed by atoms with Crippen molar-refractivity contribution in [2.45, 2.75) is 27.7 Å². The SMILES string of the molecule is CC(C)C(C)(C)CNC(=O)c1cc(Br)c(Br)s1. The summed E-state index contributed by atoms with van der Waals surface area (Å²) in [6.45, 7) is 9.36. The third-order valence-electron chi connectivity index (χ3n) is 3.14. The molecule has 1 N–H and O–H groups in total. The fraction of sp³-hybridized carbons (Fsp3) is 0.583. The van der Waals surface area contributed by atoms with Crippen molar-refractivity contribution in [1.82, 2.24) is 5.32 Å². The molecule has 0 aromatic carbocycles. The molecule has 0 saturated heterocycles. The third kappa shape index (κ3) is 4.07. The minimum Gasteiger partial charge on any atom is -0.351 e. The first-order valence-electron chi connectivity index (χ1n) is 5.47. The van der Waals surface area contributed by atoms with Gasteiger partial charge in [0, 0.05) is 11.0 Å². The highest BCUT2D eigenvalue weighted by Gasteiger charge is 2.23. The van der Waals surface area contributed by atoms with Crippen LogP contribution in [-0.4, -0.2) is 12.5 Å². The monoisotopic (exact) mass is 381 g/mol. The molecule has 1 aromatic heterocycles. The molecule has 1 rings (SSSR count). The maximum Gasteiger partial charge on any atom is 0.261 e. The first kappa shape index (κ1) is 15.2. The van der Waals surface area contributed by atoms with E-state index >= 15 is 0 Å². The molecule has 0 fully saturated rings. The van der Waals surface area contributed by atoms with Crippen LogP contribution in [0.1, 0.15) is 37.4 Å². The lowest BCUT2D eigenvalue weighted by Gasteiger charge is -2.29. The van der Waals surface area contributed by atoms with E-state index in [-0.39, 0.29) is 11.3 Å². The standard InChI is InChI=1S/C12H17Br2NOS/c1-7(2)12(3,4)6-15-11(16)9-5-8(13)10(14)17-9/h5,7H,6H2,1-4H3,(H,15,16). The van der Waals surface area contributed by atoms with Crippen LogP contribution in [0.2, 0.25) is 0 Å². The van der Waals surface area contributed by atoms with Gasteiger partial charge in [-0.2, -0.15) is 0 Å². The summed E-state index contributed by atoms with van der Waals surface area (Å²) < 4.78 is 1.88. The maximum atomic E-state index is 11.9. The molecule has 0 aliphatic rings. The van der Waals surface area contributed by atoms with Gasteiger partial charge in [0.05, 0.1) is 8.66 Å². The smallest absolute Gasteiger partial charge is 0.261 e. The van der Waals surface area contributed by atoms with Gasteiger partial charge in [-0.15, -0.1) is 11.3 Å². The summed E-state index contributed by atoms with van der Waals surface area (Å²) in [5.74, 6) is 0.528. The normalized spacial score (nSPS) is 11.9. The van der Waals surface area contributed by atoms with Crippen LogP contribution in [-0.2, 0) is 0 Å². The Labute approximate surface area is 123 Å². The molecule has 1 heterocycles. The molecular formula is C12H17Br2NOS. The molecule has 0 unspecified atom stereocenters. The van der Waals surface area contributed by atoms with Crippen LogP contribution in [0, 0.1) is 11.3 Å². The van der Waals surface area contributed by atoms with Gasteiger partial charge >= 0.3 is 0 Å². The zero-order valence-electron chi connectivity index (χ0n) is 10.4. The summed E-state index contributed by atoms with van der Waals surface area (Å²) in [6, 6.07) is 1.84. The summed E-state index contributed by atoms with van der Waals surface area (Å²) in [5, 5.41) is 2.99. The zero-order valence-corrected chi connectivity index (χ0v) is 14.4. The van der Waals surface area contributed by atoms with E-state index in [0.717, 1.165) is 13.1 Å². The fourth-order valence-corrected chi connectivity index (χ4v) is 3.01. The summed E-state index contributed by atoms with van der Waals surface area (Å²) >= 11 is 8.21. The van der Waals surface area contributed by atoms with Crippen LogP contribution in [0.15, 0.2) is 14.3 Å². The van der Waals surface area contributed by atoms with Crippen LogP contribution in [0.4, 0.5) is 0 Å². The summed E-state index contributed by atoms with van der Waals surface area (Å²) in [6.07, 6.45) is 0. The number of amides is 1.